The number of benzene rings is 2. The molecule has 29 heavy (non-hydrogen) atoms. The van der Waals surface area contributed by atoms with Crippen LogP contribution < -0.4 is 14.8 Å². The summed E-state index contributed by atoms with van der Waals surface area (Å²) in [6.07, 6.45) is 0. The summed E-state index contributed by atoms with van der Waals surface area (Å²) in [5, 5.41) is 3.42. The van der Waals surface area contributed by atoms with Gasteiger partial charge in [0.2, 0.25) is 0 Å². The summed E-state index contributed by atoms with van der Waals surface area (Å²) in [5.41, 5.74) is 1.86. The van der Waals surface area contributed by atoms with Gasteiger partial charge in [0, 0.05) is 37.8 Å². The molecule has 0 saturated carbocycles. The number of nitrogens with zero attached hydrogens (tertiary/aromatic N) is 1. The van der Waals surface area contributed by atoms with Crippen LogP contribution >= 0.6 is 0 Å². The lowest BCUT2D eigenvalue weighted by Crippen LogP contribution is -2.42. The van der Waals surface area contributed by atoms with Crippen LogP contribution in [-0.2, 0) is 11.3 Å². The number of morpholine rings is 1. The van der Waals surface area contributed by atoms with E-state index in [1.165, 1.54) is 5.56 Å². The minimum Gasteiger partial charge on any atom is -0.490 e. The van der Waals surface area contributed by atoms with E-state index in [4.69, 9.17) is 14.2 Å². The van der Waals surface area contributed by atoms with Crippen LogP contribution in [0.5, 0.6) is 11.5 Å². The van der Waals surface area contributed by atoms with Crippen LogP contribution in [0.4, 0.5) is 8.78 Å². The topological polar surface area (TPSA) is 43.0 Å². The molecule has 1 fully saturated rings. The standard InChI is InChI=1S/C22H28F2N2O3/c1-2-28-20-10-6-9-18(21(20)29-22(23)24)15-25-16-19(17-7-4-3-5-8-17)26-11-13-27-14-12-26/h3-10,19,22,25H,2,11-16H2,1H3. The second-order valence-corrected chi connectivity index (χ2v) is 6.76. The van der Waals surface area contributed by atoms with Gasteiger partial charge in [-0.3, -0.25) is 4.90 Å². The Morgan fingerprint density at radius 3 is 2.52 bits per heavy atom. The number of nitrogens with one attached hydrogen (secondary N) is 1. The van der Waals surface area contributed by atoms with Gasteiger partial charge >= 0.3 is 6.61 Å². The van der Waals surface area contributed by atoms with E-state index in [9.17, 15) is 8.78 Å². The van der Waals surface area contributed by atoms with Crippen molar-refractivity contribution >= 4 is 0 Å². The molecule has 1 atom stereocenters. The van der Waals surface area contributed by atoms with E-state index in [1.54, 1.807) is 18.2 Å². The minimum atomic E-state index is -2.90. The molecule has 0 bridgehead atoms. The van der Waals surface area contributed by atoms with E-state index in [1.807, 2.05) is 25.1 Å². The van der Waals surface area contributed by atoms with E-state index in [0.29, 0.717) is 44.2 Å². The molecule has 158 valence electrons. The molecule has 3 rings (SSSR count). The van der Waals surface area contributed by atoms with Gasteiger partial charge in [0.05, 0.1) is 19.8 Å². The first kappa shape index (κ1) is 21.5. The zero-order valence-electron chi connectivity index (χ0n) is 16.7. The minimum absolute atomic E-state index is 0.0967. The maximum Gasteiger partial charge on any atom is 0.387 e. The third-order valence-electron chi connectivity index (χ3n) is 4.89. The molecule has 0 amide bonds. The third kappa shape index (κ3) is 6.13. The zero-order valence-corrected chi connectivity index (χ0v) is 16.7. The second kappa shape index (κ2) is 11.1. The van der Waals surface area contributed by atoms with Crippen molar-refractivity contribution in [2.75, 3.05) is 39.5 Å². The predicted octanol–water partition coefficient (Wildman–Crippen LogP) is 3.85. The largest absolute Gasteiger partial charge is 0.490 e. The molecular formula is C22H28F2N2O3. The van der Waals surface area contributed by atoms with Gasteiger partial charge in [0.25, 0.3) is 0 Å². The van der Waals surface area contributed by atoms with Crippen molar-refractivity contribution in [3.05, 3.63) is 59.7 Å². The van der Waals surface area contributed by atoms with E-state index >= 15 is 0 Å². The van der Waals surface area contributed by atoms with E-state index in [-0.39, 0.29) is 11.8 Å². The summed E-state index contributed by atoms with van der Waals surface area (Å²) in [6.45, 7) is 3.52. The average Bonchev–Trinajstić information content (AvgIpc) is 2.74. The van der Waals surface area contributed by atoms with Gasteiger partial charge < -0.3 is 19.5 Å². The van der Waals surface area contributed by atoms with Crippen LogP contribution in [0.15, 0.2) is 48.5 Å². The Bertz CT molecular complexity index is 740. The maximum absolute atomic E-state index is 12.9. The molecule has 1 heterocycles. The van der Waals surface area contributed by atoms with Crippen LogP contribution in [0.1, 0.15) is 24.1 Å². The third-order valence-corrected chi connectivity index (χ3v) is 4.89. The Balaban J connectivity index is 1.71. The second-order valence-electron chi connectivity index (χ2n) is 6.76. The highest BCUT2D eigenvalue weighted by Crippen LogP contribution is 2.33. The SMILES string of the molecule is CCOc1cccc(CNCC(c2ccccc2)N2CCOCC2)c1OC(F)F. The molecule has 2 aromatic rings. The Labute approximate surface area is 170 Å². The lowest BCUT2D eigenvalue weighted by Gasteiger charge is -2.35. The fourth-order valence-electron chi connectivity index (χ4n) is 3.56. The molecule has 1 aliphatic heterocycles. The lowest BCUT2D eigenvalue weighted by atomic mass is 10.0. The first-order valence-electron chi connectivity index (χ1n) is 9.96. The van der Waals surface area contributed by atoms with Crippen molar-refractivity contribution in [1.82, 2.24) is 10.2 Å². The van der Waals surface area contributed by atoms with E-state index in [2.05, 4.69) is 22.3 Å². The van der Waals surface area contributed by atoms with Crippen molar-refractivity contribution in [3.8, 4) is 11.5 Å². The molecule has 1 saturated heterocycles. The highest BCUT2D eigenvalue weighted by molar-refractivity contribution is 5.46. The molecule has 0 spiro atoms. The van der Waals surface area contributed by atoms with Gasteiger partial charge in [-0.1, -0.05) is 42.5 Å². The van der Waals surface area contributed by atoms with E-state index in [0.717, 1.165) is 13.1 Å². The number of halogens is 2. The molecule has 0 aromatic heterocycles. The van der Waals surface area contributed by atoms with Crippen molar-refractivity contribution in [2.24, 2.45) is 0 Å². The highest BCUT2D eigenvalue weighted by Gasteiger charge is 2.23. The van der Waals surface area contributed by atoms with Gasteiger partial charge in [0.15, 0.2) is 11.5 Å². The van der Waals surface area contributed by atoms with Crippen molar-refractivity contribution in [1.29, 1.82) is 0 Å². The van der Waals surface area contributed by atoms with Crippen LogP contribution in [0, 0.1) is 0 Å². The van der Waals surface area contributed by atoms with Gasteiger partial charge in [-0.05, 0) is 18.6 Å². The van der Waals surface area contributed by atoms with Crippen LogP contribution in [-0.4, -0.2) is 51.0 Å². The smallest absolute Gasteiger partial charge is 0.387 e. The predicted molar refractivity (Wildman–Crippen MR) is 108 cm³/mol. The summed E-state index contributed by atoms with van der Waals surface area (Å²) in [7, 11) is 0. The van der Waals surface area contributed by atoms with Gasteiger partial charge in [-0.15, -0.1) is 0 Å². The first-order valence-corrected chi connectivity index (χ1v) is 9.96. The summed E-state index contributed by atoms with van der Waals surface area (Å²) in [5.74, 6) is 0.430. The molecule has 2 aromatic carbocycles. The Morgan fingerprint density at radius 2 is 1.83 bits per heavy atom. The Kier molecular flexibility index (Phi) is 8.22. The molecule has 7 heteroatoms. The van der Waals surface area contributed by atoms with E-state index < -0.39 is 6.61 Å². The monoisotopic (exact) mass is 406 g/mol. The van der Waals surface area contributed by atoms with Crippen molar-refractivity contribution < 1.29 is 23.0 Å². The lowest BCUT2D eigenvalue weighted by molar-refractivity contribution is -0.0521. The molecule has 5 nitrogen and oxygen atoms in total. The fraction of sp³-hybridized carbons (Fsp3) is 0.455. The number of alkyl halides is 2. The first-order chi connectivity index (χ1) is 14.2. The van der Waals surface area contributed by atoms with Gasteiger partial charge in [-0.25, -0.2) is 0 Å². The van der Waals surface area contributed by atoms with Crippen LogP contribution in [0.25, 0.3) is 0 Å². The number of hydrogen-bond acceptors (Lipinski definition) is 5. The summed E-state index contributed by atoms with van der Waals surface area (Å²) in [4.78, 5) is 2.39. The van der Waals surface area contributed by atoms with Crippen LogP contribution in [0.2, 0.25) is 0 Å². The van der Waals surface area contributed by atoms with Crippen molar-refractivity contribution in [2.45, 2.75) is 26.1 Å². The van der Waals surface area contributed by atoms with Crippen LogP contribution in [0.3, 0.4) is 0 Å². The zero-order chi connectivity index (χ0) is 20.5. The summed E-state index contributed by atoms with van der Waals surface area (Å²) >= 11 is 0. The summed E-state index contributed by atoms with van der Waals surface area (Å²) in [6, 6.07) is 15.7. The number of hydrogen-bond donors (Lipinski definition) is 1. The molecule has 1 unspecified atom stereocenters. The summed E-state index contributed by atoms with van der Waals surface area (Å²) < 4.78 is 41.5. The molecular weight excluding hydrogens is 378 g/mol. The number of para-hydroxylation sites is 1. The van der Waals surface area contributed by atoms with Crippen molar-refractivity contribution in [3.63, 3.8) is 0 Å². The maximum atomic E-state index is 12.9. The van der Waals surface area contributed by atoms with Gasteiger partial charge in [0.1, 0.15) is 0 Å². The molecule has 1 aliphatic rings. The fourth-order valence-corrected chi connectivity index (χ4v) is 3.56. The highest BCUT2D eigenvalue weighted by atomic mass is 19.3. The Hall–Kier alpha value is -2.22. The number of rotatable bonds is 10. The van der Waals surface area contributed by atoms with Gasteiger partial charge in [-0.2, -0.15) is 8.78 Å². The Morgan fingerprint density at radius 1 is 1.07 bits per heavy atom. The molecule has 1 N–H and O–H groups in total. The quantitative estimate of drug-likeness (QED) is 0.649. The molecule has 0 aliphatic carbocycles. The average molecular weight is 406 g/mol. The number of ether oxygens (including phenoxy) is 3. The molecule has 0 radical (unpaired) electrons. The normalized spacial score (nSPS) is 16.0.